The first-order valence-corrected chi connectivity index (χ1v) is 4.87. The van der Waals surface area contributed by atoms with E-state index >= 15 is 0 Å². The molecule has 84 valence electrons. The first-order chi connectivity index (χ1) is 6.45. The summed E-state index contributed by atoms with van der Waals surface area (Å²) in [4.78, 5) is 12.5. The number of rotatable bonds is 5. The Bertz CT molecular complexity index is 171. The van der Waals surface area contributed by atoms with Crippen molar-refractivity contribution >= 4 is 17.5 Å². The van der Waals surface area contributed by atoms with Gasteiger partial charge in [-0.15, -0.1) is 11.6 Å². The summed E-state index contributed by atoms with van der Waals surface area (Å²) in [7, 11) is 3.99. The van der Waals surface area contributed by atoms with Crippen LogP contribution < -0.4 is 11.5 Å². The number of amides is 1. The first kappa shape index (κ1) is 15.9. The van der Waals surface area contributed by atoms with E-state index in [-0.39, 0.29) is 11.9 Å². The highest BCUT2D eigenvalue weighted by Gasteiger charge is 2.00. The largest absolute Gasteiger partial charge is 0.366 e. The maximum Gasteiger partial charge on any atom is 0.244 e. The Hall–Kier alpha value is -0.580. The highest BCUT2D eigenvalue weighted by atomic mass is 35.5. The second-order valence-electron chi connectivity index (χ2n) is 3.03. The van der Waals surface area contributed by atoms with E-state index in [9.17, 15) is 4.79 Å². The van der Waals surface area contributed by atoms with Gasteiger partial charge in [0.15, 0.2) is 0 Å². The second kappa shape index (κ2) is 10.5. The molecule has 1 amide bonds. The average molecular weight is 222 g/mol. The maximum atomic E-state index is 10.5. The Morgan fingerprint density at radius 3 is 2.21 bits per heavy atom. The lowest BCUT2D eigenvalue weighted by atomic mass is 10.1. The van der Waals surface area contributed by atoms with Crippen LogP contribution in [0.4, 0.5) is 0 Å². The number of carbonyl (C=O) groups is 1. The van der Waals surface area contributed by atoms with Crippen molar-refractivity contribution in [1.29, 1.82) is 0 Å². The van der Waals surface area contributed by atoms with Gasteiger partial charge in [-0.05, 0) is 33.5 Å². The summed E-state index contributed by atoms with van der Waals surface area (Å²) >= 11 is 4.78. The molecular weight excluding hydrogens is 202 g/mol. The van der Waals surface area contributed by atoms with Crippen molar-refractivity contribution in [2.24, 2.45) is 11.5 Å². The third kappa shape index (κ3) is 14.0. The number of halogens is 1. The zero-order valence-corrected chi connectivity index (χ0v) is 9.68. The predicted molar refractivity (Wildman–Crippen MR) is 61.0 cm³/mol. The molecule has 0 unspecified atom stereocenters. The monoisotopic (exact) mass is 221 g/mol. The summed E-state index contributed by atoms with van der Waals surface area (Å²) in [5.74, 6) is -0.385. The normalized spacial score (nSPS) is 9.21. The lowest BCUT2D eigenvalue weighted by Crippen LogP contribution is -2.16. The Kier molecular flexibility index (Phi) is 11.9. The van der Waals surface area contributed by atoms with E-state index in [0.29, 0.717) is 12.0 Å². The minimum Gasteiger partial charge on any atom is -0.366 e. The molecule has 5 heteroatoms. The van der Waals surface area contributed by atoms with Gasteiger partial charge in [0.25, 0.3) is 0 Å². The molecule has 0 radical (unpaired) electrons. The van der Waals surface area contributed by atoms with Gasteiger partial charge in [0, 0.05) is 5.57 Å². The smallest absolute Gasteiger partial charge is 0.244 e. The number of primary amides is 1. The third-order valence-corrected chi connectivity index (χ3v) is 1.43. The molecule has 0 aromatic rings. The zero-order valence-electron chi connectivity index (χ0n) is 8.92. The van der Waals surface area contributed by atoms with E-state index < -0.39 is 0 Å². The Labute approximate surface area is 90.9 Å². The molecule has 0 aliphatic heterocycles. The predicted octanol–water partition coefficient (Wildman–Crippen LogP) is 0.511. The van der Waals surface area contributed by atoms with Crippen molar-refractivity contribution in [3.63, 3.8) is 0 Å². The van der Waals surface area contributed by atoms with Gasteiger partial charge < -0.3 is 16.4 Å². The fourth-order valence-corrected chi connectivity index (χ4v) is 0.732. The summed E-state index contributed by atoms with van der Waals surface area (Å²) in [6.45, 7) is 4.52. The molecule has 0 fully saturated rings. The molecule has 0 saturated heterocycles. The molecule has 0 atom stereocenters. The zero-order chi connectivity index (χ0) is 11.6. The summed E-state index contributed by atoms with van der Waals surface area (Å²) < 4.78 is 0. The van der Waals surface area contributed by atoms with E-state index in [2.05, 4.69) is 17.2 Å². The van der Waals surface area contributed by atoms with Crippen LogP contribution in [0.5, 0.6) is 0 Å². The van der Waals surface area contributed by atoms with Crippen molar-refractivity contribution in [3.8, 4) is 0 Å². The van der Waals surface area contributed by atoms with Gasteiger partial charge in [-0.1, -0.05) is 6.58 Å². The van der Waals surface area contributed by atoms with Crippen molar-refractivity contribution in [3.05, 3.63) is 12.2 Å². The van der Waals surface area contributed by atoms with E-state index in [1.54, 1.807) is 0 Å². The maximum absolute atomic E-state index is 10.5. The molecule has 0 aliphatic carbocycles. The molecule has 4 N–H and O–H groups in total. The van der Waals surface area contributed by atoms with Gasteiger partial charge in [0.05, 0.1) is 6.00 Å². The summed E-state index contributed by atoms with van der Waals surface area (Å²) in [6.07, 6.45) is 1.64. The minimum absolute atomic E-state index is 0.222. The quantitative estimate of drug-likeness (QED) is 0.404. The molecule has 0 saturated carbocycles. The van der Waals surface area contributed by atoms with Gasteiger partial charge in [-0.25, -0.2) is 0 Å². The number of hydrogen-bond acceptors (Lipinski definition) is 3. The summed E-state index contributed by atoms with van der Waals surface area (Å²) in [6, 6.07) is 0.222. The number of carbonyl (C=O) groups excluding carboxylic acids is 1. The van der Waals surface area contributed by atoms with Crippen molar-refractivity contribution in [2.75, 3.05) is 26.6 Å². The summed E-state index contributed by atoms with van der Waals surface area (Å²) in [5.41, 5.74) is 10.1. The molecule has 0 heterocycles. The van der Waals surface area contributed by atoms with Gasteiger partial charge in [-0.2, -0.15) is 0 Å². The van der Waals surface area contributed by atoms with Crippen LogP contribution in [0, 0.1) is 0 Å². The van der Waals surface area contributed by atoms with E-state index in [1.165, 1.54) is 0 Å². The first-order valence-electron chi connectivity index (χ1n) is 4.34. The standard InChI is InChI=1S/C8H16N2O.CH4ClN/c1-7(8(9)11)5-4-6-10(2)3;2-1-3/h1,4-6H2,2-3H3,(H2,9,11);1,3H2. The fourth-order valence-electron chi connectivity index (χ4n) is 0.732. The number of hydrogen-bond donors (Lipinski definition) is 2. The van der Waals surface area contributed by atoms with Gasteiger partial charge in [0.1, 0.15) is 0 Å². The fraction of sp³-hybridized carbons (Fsp3) is 0.667. The highest BCUT2D eigenvalue weighted by Crippen LogP contribution is 2.00. The molecule has 0 bridgehead atoms. The Balaban J connectivity index is 0. The van der Waals surface area contributed by atoms with E-state index in [1.807, 2.05) is 14.1 Å². The number of nitrogens with zero attached hydrogens (tertiary/aromatic N) is 1. The van der Waals surface area contributed by atoms with Crippen molar-refractivity contribution in [2.45, 2.75) is 12.8 Å². The van der Waals surface area contributed by atoms with Crippen molar-refractivity contribution < 1.29 is 4.79 Å². The van der Waals surface area contributed by atoms with Gasteiger partial charge in [0.2, 0.25) is 5.91 Å². The van der Waals surface area contributed by atoms with E-state index in [4.69, 9.17) is 17.3 Å². The van der Waals surface area contributed by atoms with Crippen LogP contribution >= 0.6 is 11.6 Å². The van der Waals surface area contributed by atoms with E-state index in [0.717, 1.165) is 13.0 Å². The summed E-state index contributed by atoms with van der Waals surface area (Å²) in [5, 5.41) is 0. The Morgan fingerprint density at radius 2 is 1.93 bits per heavy atom. The second-order valence-corrected chi connectivity index (χ2v) is 3.34. The molecule has 0 aromatic carbocycles. The van der Waals surface area contributed by atoms with Crippen LogP contribution in [0.2, 0.25) is 0 Å². The molecule has 0 rings (SSSR count). The minimum atomic E-state index is -0.385. The van der Waals surface area contributed by atoms with Gasteiger partial charge in [-0.3, -0.25) is 4.79 Å². The Morgan fingerprint density at radius 1 is 1.50 bits per heavy atom. The topological polar surface area (TPSA) is 72.3 Å². The SMILES string of the molecule is C=C(CCCN(C)C)C(N)=O.NCCl. The van der Waals surface area contributed by atoms with Crippen LogP contribution in [0.3, 0.4) is 0 Å². The van der Waals surface area contributed by atoms with Crippen LogP contribution in [0.25, 0.3) is 0 Å². The van der Waals surface area contributed by atoms with Crippen molar-refractivity contribution in [1.82, 2.24) is 4.90 Å². The average Bonchev–Trinajstić information content (AvgIpc) is 2.04. The molecule has 4 nitrogen and oxygen atoms in total. The number of alkyl halides is 1. The molecule has 0 aliphatic rings. The lowest BCUT2D eigenvalue weighted by molar-refractivity contribution is -0.114. The lowest BCUT2D eigenvalue weighted by Gasteiger charge is -2.08. The van der Waals surface area contributed by atoms with Crippen LogP contribution in [0.15, 0.2) is 12.2 Å². The molecule has 0 aromatic heterocycles. The molecule has 14 heavy (non-hydrogen) atoms. The molecule has 0 spiro atoms. The molecular formula is C9H20ClN3O. The van der Waals surface area contributed by atoms with Crippen LogP contribution in [-0.4, -0.2) is 37.5 Å². The van der Waals surface area contributed by atoms with Crippen LogP contribution in [0.1, 0.15) is 12.8 Å². The van der Waals surface area contributed by atoms with Crippen LogP contribution in [-0.2, 0) is 4.79 Å². The van der Waals surface area contributed by atoms with Gasteiger partial charge >= 0.3 is 0 Å². The number of nitrogens with two attached hydrogens (primary N) is 2. The third-order valence-electron chi connectivity index (χ3n) is 1.43. The highest BCUT2D eigenvalue weighted by molar-refractivity contribution is 6.17.